The van der Waals surface area contributed by atoms with Crippen LogP contribution in [0, 0.1) is 11.8 Å². The minimum absolute atomic E-state index is 0.0584. The summed E-state index contributed by atoms with van der Waals surface area (Å²) in [7, 11) is -3.55. The van der Waals surface area contributed by atoms with Crippen molar-refractivity contribution in [1.29, 1.82) is 0 Å². The zero-order valence-electron chi connectivity index (χ0n) is 20.4. The zero-order valence-corrected chi connectivity index (χ0v) is 21.2. The summed E-state index contributed by atoms with van der Waals surface area (Å²) in [5.74, 6) is 2.20. The first-order chi connectivity index (χ1) is 16.8. The number of fused-ring (bicyclic) bond motifs is 1. The molecule has 5 rings (SSSR count). The first kappa shape index (κ1) is 24.1. The van der Waals surface area contributed by atoms with Crippen molar-refractivity contribution in [2.45, 2.75) is 31.7 Å². The molecular weight excluding hydrogens is 466 g/mol. The molecule has 0 radical (unpaired) electrons. The number of piperazine rings is 1. The van der Waals surface area contributed by atoms with Crippen LogP contribution >= 0.6 is 0 Å². The molecule has 188 valence electrons. The second kappa shape index (κ2) is 9.79. The van der Waals surface area contributed by atoms with Crippen LogP contribution in [0.5, 0.6) is 11.5 Å². The summed E-state index contributed by atoms with van der Waals surface area (Å²) < 4.78 is 38.7. The average Bonchev–Trinajstić information content (AvgIpc) is 3.31. The van der Waals surface area contributed by atoms with Crippen molar-refractivity contribution in [3.63, 3.8) is 0 Å². The number of piperidine rings is 1. The van der Waals surface area contributed by atoms with E-state index in [2.05, 4.69) is 18.7 Å². The van der Waals surface area contributed by atoms with E-state index in [0.29, 0.717) is 43.6 Å². The van der Waals surface area contributed by atoms with Crippen molar-refractivity contribution in [1.82, 2.24) is 14.1 Å². The molecule has 3 aliphatic rings. The van der Waals surface area contributed by atoms with Crippen LogP contribution in [0.15, 0.2) is 47.4 Å². The van der Waals surface area contributed by atoms with E-state index in [1.807, 2.05) is 23.1 Å². The van der Waals surface area contributed by atoms with Gasteiger partial charge in [-0.1, -0.05) is 19.9 Å². The molecule has 35 heavy (non-hydrogen) atoms. The van der Waals surface area contributed by atoms with Crippen molar-refractivity contribution < 1.29 is 22.7 Å². The second-order valence-electron chi connectivity index (χ2n) is 10.0. The lowest BCUT2D eigenvalue weighted by atomic mass is 9.94. The normalized spacial score (nSPS) is 23.4. The summed E-state index contributed by atoms with van der Waals surface area (Å²) >= 11 is 0. The van der Waals surface area contributed by atoms with Gasteiger partial charge in [-0.15, -0.1) is 0 Å². The van der Waals surface area contributed by atoms with E-state index in [9.17, 15) is 13.2 Å². The summed E-state index contributed by atoms with van der Waals surface area (Å²) in [5.41, 5.74) is 1.68. The molecule has 0 unspecified atom stereocenters. The molecule has 0 aromatic heterocycles. The fraction of sp³-hybridized carbons (Fsp3) is 0.500. The number of nitrogens with zero attached hydrogens (tertiary/aromatic N) is 3. The van der Waals surface area contributed by atoms with Gasteiger partial charge in [0.1, 0.15) is 0 Å². The van der Waals surface area contributed by atoms with Gasteiger partial charge in [-0.05, 0) is 60.2 Å². The van der Waals surface area contributed by atoms with Gasteiger partial charge in [0.25, 0.3) is 5.91 Å². The van der Waals surface area contributed by atoms with E-state index in [4.69, 9.17) is 9.47 Å². The molecule has 2 aromatic carbocycles. The van der Waals surface area contributed by atoms with Crippen LogP contribution in [0.2, 0.25) is 0 Å². The molecule has 0 saturated carbocycles. The number of sulfonamides is 1. The Morgan fingerprint density at radius 1 is 0.914 bits per heavy atom. The molecule has 2 saturated heterocycles. The topological polar surface area (TPSA) is 79.4 Å². The van der Waals surface area contributed by atoms with Gasteiger partial charge >= 0.3 is 0 Å². The first-order valence-corrected chi connectivity index (χ1v) is 13.7. The highest BCUT2D eigenvalue weighted by atomic mass is 32.2. The van der Waals surface area contributed by atoms with Crippen molar-refractivity contribution in [2.24, 2.45) is 11.8 Å². The van der Waals surface area contributed by atoms with Gasteiger partial charge in [0.05, 0.1) is 4.90 Å². The smallest absolute Gasteiger partial charge is 0.253 e. The summed E-state index contributed by atoms with van der Waals surface area (Å²) in [6.07, 6.45) is 1.05. The van der Waals surface area contributed by atoms with Gasteiger partial charge in [-0.2, -0.15) is 4.31 Å². The molecule has 0 N–H and O–H groups in total. The van der Waals surface area contributed by atoms with Crippen LogP contribution in [0.1, 0.15) is 36.2 Å². The van der Waals surface area contributed by atoms with E-state index >= 15 is 0 Å². The molecule has 3 heterocycles. The lowest BCUT2D eigenvalue weighted by Gasteiger charge is -2.35. The summed E-state index contributed by atoms with van der Waals surface area (Å²) in [6, 6.07) is 12.4. The summed E-state index contributed by atoms with van der Waals surface area (Å²) in [5, 5.41) is 0. The molecule has 3 aliphatic heterocycles. The van der Waals surface area contributed by atoms with Crippen molar-refractivity contribution >= 4 is 15.9 Å². The Hall–Kier alpha value is -2.62. The Morgan fingerprint density at radius 3 is 2.26 bits per heavy atom. The van der Waals surface area contributed by atoms with Gasteiger partial charge in [-0.25, -0.2) is 8.42 Å². The maximum atomic E-state index is 13.1. The van der Waals surface area contributed by atoms with Crippen LogP contribution in [0.3, 0.4) is 0 Å². The molecule has 0 bridgehead atoms. The number of benzene rings is 2. The van der Waals surface area contributed by atoms with Crippen LogP contribution < -0.4 is 9.47 Å². The van der Waals surface area contributed by atoms with Gasteiger partial charge in [0.15, 0.2) is 11.5 Å². The Kier molecular flexibility index (Phi) is 6.74. The molecular formula is C26H33N3O5S. The zero-order chi connectivity index (χ0) is 24.6. The molecule has 2 atom stereocenters. The molecule has 8 nitrogen and oxygen atoms in total. The number of rotatable bonds is 5. The minimum atomic E-state index is -3.55. The van der Waals surface area contributed by atoms with E-state index in [0.717, 1.165) is 43.1 Å². The van der Waals surface area contributed by atoms with Crippen LogP contribution in [-0.2, 0) is 16.6 Å². The highest BCUT2D eigenvalue weighted by Crippen LogP contribution is 2.33. The van der Waals surface area contributed by atoms with E-state index in [-0.39, 0.29) is 17.6 Å². The van der Waals surface area contributed by atoms with Crippen LogP contribution in [-0.4, -0.2) is 74.5 Å². The number of carbonyl (C=O) groups is 1. The molecule has 9 heteroatoms. The summed E-state index contributed by atoms with van der Waals surface area (Å²) in [4.78, 5) is 17.5. The highest BCUT2D eigenvalue weighted by Gasteiger charge is 2.32. The lowest BCUT2D eigenvalue weighted by molar-refractivity contribution is 0.0628. The Bertz CT molecular complexity index is 1170. The maximum absolute atomic E-state index is 13.1. The lowest BCUT2D eigenvalue weighted by Crippen LogP contribution is -2.48. The van der Waals surface area contributed by atoms with Crippen LogP contribution in [0.4, 0.5) is 0 Å². The number of hydrogen-bond acceptors (Lipinski definition) is 6. The minimum Gasteiger partial charge on any atom is -0.454 e. The van der Waals surface area contributed by atoms with E-state index < -0.39 is 10.0 Å². The first-order valence-electron chi connectivity index (χ1n) is 12.3. The largest absolute Gasteiger partial charge is 0.454 e. The van der Waals surface area contributed by atoms with Gasteiger partial charge < -0.3 is 14.4 Å². The van der Waals surface area contributed by atoms with Crippen molar-refractivity contribution in [3.8, 4) is 11.5 Å². The van der Waals surface area contributed by atoms with Crippen molar-refractivity contribution in [3.05, 3.63) is 53.6 Å². The highest BCUT2D eigenvalue weighted by molar-refractivity contribution is 7.89. The number of ether oxygens (including phenoxy) is 2. The van der Waals surface area contributed by atoms with E-state index in [1.165, 1.54) is 0 Å². The number of hydrogen-bond donors (Lipinski definition) is 0. The average molecular weight is 500 g/mol. The predicted octanol–water partition coefficient (Wildman–Crippen LogP) is 3.04. The maximum Gasteiger partial charge on any atom is 0.253 e. The molecule has 0 spiro atoms. The molecule has 2 aromatic rings. The Morgan fingerprint density at radius 2 is 1.57 bits per heavy atom. The van der Waals surface area contributed by atoms with Crippen molar-refractivity contribution in [2.75, 3.05) is 46.1 Å². The standard InChI is InChI=1S/C26H33N3O5S/c1-19-13-20(2)16-29(15-19)35(31,32)23-6-4-22(5-7-23)26(30)28-11-9-27(10-12-28)17-21-3-8-24-25(14-21)34-18-33-24/h3-8,14,19-20H,9-13,15-18H2,1-2H3/t19-,20-/m1/s1. The van der Waals surface area contributed by atoms with Gasteiger partial charge in [0, 0.05) is 51.4 Å². The molecule has 2 fully saturated rings. The molecule has 1 amide bonds. The second-order valence-corrected chi connectivity index (χ2v) is 12.0. The monoisotopic (exact) mass is 499 g/mol. The number of amides is 1. The van der Waals surface area contributed by atoms with Crippen LogP contribution in [0.25, 0.3) is 0 Å². The van der Waals surface area contributed by atoms with Gasteiger partial charge in [0.2, 0.25) is 16.8 Å². The Balaban J connectivity index is 1.17. The Labute approximate surface area is 207 Å². The van der Waals surface area contributed by atoms with E-state index in [1.54, 1.807) is 28.6 Å². The third-order valence-electron chi connectivity index (χ3n) is 7.08. The number of carbonyl (C=O) groups excluding carboxylic acids is 1. The third-order valence-corrected chi connectivity index (χ3v) is 8.92. The predicted molar refractivity (Wildman–Crippen MR) is 132 cm³/mol. The molecule has 0 aliphatic carbocycles. The summed E-state index contributed by atoms with van der Waals surface area (Å²) in [6.45, 7) is 9.15. The van der Waals surface area contributed by atoms with Gasteiger partial charge in [-0.3, -0.25) is 9.69 Å². The quantitative estimate of drug-likeness (QED) is 0.629. The fourth-order valence-corrected chi connectivity index (χ4v) is 6.99. The SMILES string of the molecule is C[C@@H]1C[C@@H](C)CN(S(=O)(=O)c2ccc(C(=O)N3CCN(Cc4ccc5c(c4)OCO5)CC3)cc2)C1. The third kappa shape index (κ3) is 5.17. The fourth-order valence-electron chi connectivity index (χ4n) is 5.31.